The normalized spacial score (nSPS) is 21.2. The molecule has 3 aromatic rings. The Morgan fingerprint density at radius 1 is 0.343 bits per heavy atom. The standard InChI is InChI=1S/C49H58O21/c1-56-37-22-13-31(25-40(37)59-4)44(50)65-68-47(53)62-34-16-7-28(8-17-34)43(29-9-18-35(19-10-29)63-48(54)69-66-45(51)32-14-23-38(57-2)41(26-32)60-5)30-11-20-36(21-12-30)64-49(55)70-67-46(52)33-15-24-39(58-3)42(27-33)61-6/h13-15,22-30,34-36,43H,7-12,16-21H2,1-6H3. The summed E-state index contributed by atoms with van der Waals surface area (Å²) in [5.74, 6) is 0.244. The fourth-order valence-corrected chi connectivity index (χ4v) is 9.65. The first kappa shape index (κ1) is 52.1. The smallest absolute Gasteiger partial charge is 0.493 e. The topological polar surface area (TPSA) is 241 Å². The molecule has 0 N–H and O–H groups in total. The number of hydrogen-bond donors (Lipinski definition) is 0. The van der Waals surface area contributed by atoms with Crippen LogP contribution in [0.1, 0.15) is 108 Å². The number of carbonyl (C=O) groups excluding carboxylic acids is 6. The molecule has 0 saturated heterocycles. The fraction of sp³-hybridized carbons (Fsp3) is 0.510. The van der Waals surface area contributed by atoms with Crippen LogP contribution < -0.4 is 28.4 Å². The molecule has 3 saturated carbocycles. The number of methoxy groups -OCH3 is 6. The fourth-order valence-electron chi connectivity index (χ4n) is 9.65. The molecule has 0 heterocycles. The van der Waals surface area contributed by atoms with Gasteiger partial charge in [0, 0.05) is 0 Å². The van der Waals surface area contributed by atoms with Crippen LogP contribution in [0.3, 0.4) is 0 Å². The molecule has 6 rings (SSSR count). The largest absolute Gasteiger partial charge is 0.550 e. The molecule has 3 aliphatic carbocycles. The van der Waals surface area contributed by atoms with Crippen LogP contribution in [0.5, 0.6) is 34.5 Å². The Bertz CT molecular complexity index is 2020. The van der Waals surface area contributed by atoms with Gasteiger partial charge in [0.05, 0.1) is 59.3 Å². The zero-order valence-electron chi connectivity index (χ0n) is 39.8. The van der Waals surface area contributed by atoms with Crippen LogP contribution in [0.4, 0.5) is 14.4 Å². The molecule has 0 radical (unpaired) electrons. The van der Waals surface area contributed by atoms with Crippen LogP contribution in [0.2, 0.25) is 0 Å². The van der Waals surface area contributed by atoms with E-state index in [0.717, 1.165) is 38.5 Å². The molecule has 0 atom stereocenters. The van der Waals surface area contributed by atoms with Crippen molar-refractivity contribution < 1.29 is 101 Å². The molecule has 0 bridgehead atoms. The van der Waals surface area contributed by atoms with Crippen molar-refractivity contribution in [2.75, 3.05) is 42.7 Å². The van der Waals surface area contributed by atoms with E-state index in [1.165, 1.54) is 97.3 Å². The second-order valence-electron chi connectivity index (χ2n) is 16.9. The van der Waals surface area contributed by atoms with Crippen molar-refractivity contribution in [2.45, 2.75) is 95.4 Å². The van der Waals surface area contributed by atoms with Gasteiger partial charge in [-0.15, -0.1) is 0 Å². The van der Waals surface area contributed by atoms with Gasteiger partial charge in [0.15, 0.2) is 34.5 Å². The van der Waals surface area contributed by atoms with Gasteiger partial charge in [0.2, 0.25) is 0 Å². The third-order valence-electron chi connectivity index (χ3n) is 13.0. The maximum atomic E-state index is 12.6. The molecule has 3 fully saturated rings. The van der Waals surface area contributed by atoms with E-state index in [1.54, 1.807) is 0 Å². The quantitative estimate of drug-likeness (QED) is 0.0596. The Balaban J connectivity index is 1.01. The van der Waals surface area contributed by atoms with E-state index >= 15 is 0 Å². The Morgan fingerprint density at radius 3 is 0.814 bits per heavy atom. The third-order valence-corrected chi connectivity index (χ3v) is 13.0. The van der Waals surface area contributed by atoms with Crippen molar-refractivity contribution in [1.29, 1.82) is 0 Å². The molecule has 3 aromatic carbocycles. The number of hydrogen-bond acceptors (Lipinski definition) is 21. The average Bonchev–Trinajstić information content (AvgIpc) is 3.39. The Labute approximate surface area is 403 Å². The minimum Gasteiger partial charge on any atom is -0.493 e. The minimum atomic E-state index is -1.14. The second-order valence-corrected chi connectivity index (χ2v) is 16.9. The van der Waals surface area contributed by atoms with Crippen LogP contribution >= 0.6 is 0 Å². The van der Waals surface area contributed by atoms with Crippen molar-refractivity contribution in [1.82, 2.24) is 0 Å². The number of carbonyl (C=O) groups is 6. The van der Waals surface area contributed by atoms with Crippen LogP contribution in [-0.2, 0) is 43.5 Å². The highest BCUT2D eigenvalue weighted by Crippen LogP contribution is 2.48. The molecule has 380 valence electrons. The van der Waals surface area contributed by atoms with Gasteiger partial charge in [0.25, 0.3) is 0 Å². The summed E-state index contributed by atoms with van der Waals surface area (Å²) in [5.41, 5.74) is 0.205. The van der Waals surface area contributed by atoms with Crippen molar-refractivity contribution in [3.63, 3.8) is 0 Å². The SMILES string of the molecule is COc1ccc(C(=O)OOC(=O)OC2CCC(C(C3CCC(OC(=O)OOC(=O)c4ccc(OC)c(OC)c4)CC3)C3CCC(OC(=O)OOC(=O)c4ccc(OC)c(OC)c4)CC3)CC2)cc1OC. The molecular formula is C49H58O21. The lowest BCUT2D eigenvalue weighted by Crippen LogP contribution is -2.39. The van der Waals surface area contributed by atoms with Gasteiger partial charge in [-0.2, -0.15) is 14.4 Å². The summed E-state index contributed by atoms with van der Waals surface area (Å²) in [6, 6.07) is 13.0. The van der Waals surface area contributed by atoms with Gasteiger partial charge in [0.1, 0.15) is 18.3 Å². The summed E-state index contributed by atoms with van der Waals surface area (Å²) in [6.07, 6.45) is 2.78. The first-order valence-corrected chi connectivity index (χ1v) is 22.8. The van der Waals surface area contributed by atoms with Crippen LogP contribution in [0, 0.1) is 23.7 Å². The van der Waals surface area contributed by atoms with Crippen LogP contribution in [0.25, 0.3) is 0 Å². The van der Waals surface area contributed by atoms with Crippen molar-refractivity contribution in [2.24, 2.45) is 23.7 Å². The van der Waals surface area contributed by atoms with E-state index in [9.17, 15) is 28.8 Å². The molecular weight excluding hydrogens is 925 g/mol. The maximum absolute atomic E-state index is 12.6. The maximum Gasteiger partial charge on any atom is 0.550 e. The van der Waals surface area contributed by atoms with E-state index in [1.807, 2.05) is 0 Å². The summed E-state index contributed by atoms with van der Waals surface area (Å²) < 4.78 is 47.9. The Kier molecular flexibility index (Phi) is 18.8. The highest BCUT2D eigenvalue weighted by molar-refractivity contribution is 5.91. The summed E-state index contributed by atoms with van der Waals surface area (Å²) in [5, 5.41) is 0. The van der Waals surface area contributed by atoms with Gasteiger partial charge in [-0.1, -0.05) is 0 Å². The predicted octanol–water partition coefficient (Wildman–Crippen LogP) is 9.11. The molecule has 0 aliphatic heterocycles. The lowest BCUT2D eigenvalue weighted by molar-refractivity contribution is -0.209. The molecule has 3 aliphatic rings. The van der Waals surface area contributed by atoms with E-state index < -0.39 is 54.7 Å². The van der Waals surface area contributed by atoms with E-state index in [4.69, 9.17) is 72.0 Å². The molecule has 0 unspecified atom stereocenters. The summed E-state index contributed by atoms with van der Waals surface area (Å²) >= 11 is 0. The summed E-state index contributed by atoms with van der Waals surface area (Å²) in [6.45, 7) is 0. The Morgan fingerprint density at radius 2 is 0.586 bits per heavy atom. The second kappa shape index (κ2) is 25.3. The number of ether oxygens (including phenoxy) is 9. The zero-order valence-corrected chi connectivity index (χ0v) is 39.8. The van der Waals surface area contributed by atoms with Crippen molar-refractivity contribution >= 4 is 36.4 Å². The molecule has 70 heavy (non-hydrogen) atoms. The zero-order chi connectivity index (χ0) is 50.2. The molecule has 21 nitrogen and oxygen atoms in total. The highest BCUT2D eigenvalue weighted by atomic mass is 17.2. The molecule has 0 amide bonds. The van der Waals surface area contributed by atoms with E-state index in [-0.39, 0.29) is 40.4 Å². The minimum absolute atomic E-state index is 0.0684. The van der Waals surface area contributed by atoms with Gasteiger partial charge >= 0.3 is 36.4 Å². The number of benzene rings is 3. The van der Waals surface area contributed by atoms with Crippen molar-refractivity contribution in [3.05, 3.63) is 71.3 Å². The van der Waals surface area contributed by atoms with Gasteiger partial charge in [-0.25, -0.2) is 43.7 Å². The molecule has 0 aromatic heterocycles. The monoisotopic (exact) mass is 982 g/mol. The first-order valence-electron chi connectivity index (χ1n) is 22.8. The third kappa shape index (κ3) is 13.9. The van der Waals surface area contributed by atoms with Gasteiger partial charge in [-0.05, 0) is 155 Å². The summed E-state index contributed by atoms with van der Waals surface area (Å²) in [7, 11) is 8.62. The highest BCUT2D eigenvalue weighted by Gasteiger charge is 2.42. The van der Waals surface area contributed by atoms with Crippen LogP contribution in [0.15, 0.2) is 54.6 Å². The average molecular weight is 983 g/mol. The molecule has 0 spiro atoms. The predicted molar refractivity (Wildman–Crippen MR) is 238 cm³/mol. The number of rotatable bonds is 15. The lowest BCUT2D eigenvalue weighted by atomic mass is 9.61. The van der Waals surface area contributed by atoms with E-state index in [2.05, 4.69) is 0 Å². The van der Waals surface area contributed by atoms with E-state index in [0.29, 0.717) is 73.0 Å². The first-order chi connectivity index (χ1) is 33.9. The molecule has 21 heteroatoms. The van der Waals surface area contributed by atoms with Crippen molar-refractivity contribution in [3.8, 4) is 34.5 Å². The Hall–Kier alpha value is -7.32. The summed E-state index contributed by atoms with van der Waals surface area (Å²) in [4.78, 5) is 104. The van der Waals surface area contributed by atoms with Gasteiger partial charge < -0.3 is 42.6 Å². The lowest BCUT2D eigenvalue weighted by Gasteiger charge is -2.45. The van der Waals surface area contributed by atoms with Crippen LogP contribution in [-0.4, -0.2) is 97.3 Å². The van der Waals surface area contributed by atoms with Gasteiger partial charge in [-0.3, -0.25) is 0 Å².